The lowest BCUT2D eigenvalue weighted by Gasteiger charge is -2.16. The second kappa shape index (κ2) is 6.67. The zero-order chi connectivity index (χ0) is 17.3. The van der Waals surface area contributed by atoms with Gasteiger partial charge in [0.15, 0.2) is 0 Å². The molecule has 0 amide bonds. The number of aryl methyl sites for hydroxylation is 3. The fourth-order valence-corrected chi connectivity index (χ4v) is 3.56. The Bertz CT molecular complexity index is 758. The summed E-state index contributed by atoms with van der Waals surface area (Å²) in [7, 11) is 0. The van der Waals surface area contributed by atoms with Gasteiger partial charge < -0.3 is 9.47 Å². The van der Waals surface area contributed by atoms with E-state index in [-0.39, 0.29) is 0 Å². The summed E-state index contributed by atoms with van der Waals surface area (Å²) >= 11 is 0. The van der Waals surface area contributed by atoms with Crippen molar-refractivity contribution in [2.24, 2.45) is 0 Å². The van der Waals surface area contributed by atoms with E-state index in [2.05, 4.69) is 23.2 Å². The molecule has 0 unspecified atom stereocenters. The van der Waals surface area contributed by atoms with Crippen LogP contribution < -0.4 is 4.74 Å². The average molecular weight is 328 g/mol. The minimum absolute atomic E-state index is 0.317. The zero-order valence-corrected chi connectivity index (χ0v) is 14.8. The van der Waals surface area contributed by atoms with Crippen molar-refractivity contribution in [1.29, 1.82) is 0 Å². The number of hydrogen-bond acceptors (Lipinski definition) is 4. The number of ether oxygens (including phenoxy) is 2. The van der Waals surface area contributed by atoms with Crippen molar-refractivity contribution >= 4 is 6.16 Å². The van der Waals surface area contributed by atoms with Gasteiger partial charge in [-0.15, -0.1) is 0 Å². The van der Waals surface area contributed by atoms with Crippen molar-refractivity contribution in [1.82, 2.24) is 10.2 Å². The zero-order valence-electron chi connectivity index (χ0n) is 14.8. The number of rotatable bonds is 4. The molecule has 0 aliphatic heterocycles. The van der Waals surface area contributed by atoms with E-state index in [1.165, 1.54) is 16.7 Å². The first kappa shape index (κ1) is 16.6. The van der Waals surface area contributed by atoms with Crippen molar-refractivity contribution in [3.05, 3.63) is 45.3 Å². The maximum absolute atomic E-state index is 11.7. The lowest BCUT2D eigenvalue weighted by Crippen LogP contribution is -2.13. The van der Waals surface area contributed by atoms with Crippen LogP contribution in [0.1, 0.15) is 52.5 Å². The molecule has 5 heteroatoms. The lowest BCUT2D eigenvalue weighted by molar-refractivity contribution is 0.103. The van der Waals surface area contributed by atoms with Gasteiger partial charge in [-0.25, -0.2) is 4.79 Å². The largest absolute Gasteiger partial charge is 0.513 e. The van der Waals surface area contributed by atoms with E-state index in [9.17, 15) is 4.79 Å². The van der Waals surface area contributed by atoms with Crippen molar-refractivity contribution in [3.8, 4) is 5.75 Å². The fourth-order valence-electron chi connectivity index (χ4n) is 3.56. The molecule has 0 radical (unpaired) electrons. The van der Waals surface area contributed by atoms with Crippen LogP contribution in [0.25, 0.3) is 0 Å². The molecule has 1 aliphatic carbocycles. The van der Waals surface area contributed by atoms with Gasteiger partial charge in [0.25, 0.3) is 0 Å². The molecule has 0 spiro atoms. The molecule has 1 aromatic carbocycles. The molecule has 0 fully saturated rings. The highest BCUT2D eigenvalue weighted by Gasteiger charge is 2.24. The molecular formula is C19H24N2O3. The molecule has 0 saturated heterocycles. The molecular weight excluding hydrogens is 304 g/mol. The Morgan fingerprint density at radius 3 is 2.67 bits per heavy atom. The van der Waals surface area contributed by atoms with Gasteiger partial charge >= 0.3 is 6.16 Å². The van der Waals surface area contributed by atoms with Gasteiger partial charge in [-0.1, -0.05) is 6.07 Å². The van der Waals surface area contributed by atoms with Gasteiger partial charge in [-0.05, 0) is 69.2 Å². The van der Waals surface area contributed by atoms with Crippen molar-refractivity contribution < 1.29 is 14.3 Å². The summed E-state index contributed by atoms with van der Waals surface area (Å²) < 4.78 is 10.4. The van der Waals surface area contributed by atoms with E-state index in [4.69, 9.17) is 9.47 Å². The van der Waals surface area contributed by atoms with Crippen molar-refractivity contribution in [2.75, 3.05) is 6.61 Å². The topological polar surface area (TPSA) is 64.2 Å². The number of aromatic amines is 1. The number of nitrogens with one attached hydrogen (secondary N) is 1. The summed E-state index contributed by atoms with van der Waals surface area (Å²) in [6, 6.07) is 2.14. The normalized spacial score (nSPS) is 13.0. The summed E-state index contributed by atoms with van der Waals surface area (Å²) in [6.45, 7) is 8.17. The Labute approximate surface area is 142 Å². The summed E-state index contributed by atoms with van der Waals surface area (Å²) in [5, 5.41) is 7.35. The summed E-state index contributed by atoms with van der Waals surface area (Å²) in [4.78, 5) is 11.7. The Balaban J connectivity index is 1.97. The van der Waals surface area contributed by atoms with E-state index >= 15 is 0 Å². The summed E-state index contributed by atoms with van der Waals surface area (Å²) in [6.07, 6.45) is 3.30. The van der Waals surface area contributed by atoms with Crippen LogP contribution >= 0.6 is 0 Å². The van der Waals surface area contributed by atoms with Crippen LogP contribution in [0, 0.1) is 20.8 Å². The maximum atomic E-state index is 11.7. The van der Waals surface area contributed by atoms with Gasteiger partial charge in [0.05, 0.1) is 12.3 Å². The molecule has 1 N–H and O–H groups in total. The Morgan fingerprint density at radius 1 is 1.25 bits per heavy atom. The number of fused-ring (bicyclic) bond motifs is 1. The van der Waals surface area contributed by atoms with Crippen LogP contribution in [0.15, 0.2) is 6.07 Å². The number of benzene rings is 1. The molecule has 2 aromatic rings. The second-order valence-electron chi connectivity index (χ2n) is 6.37. The maximum Gasteiger partial charge on any atom is 0.513 e. The van der Waals surface area contributed by atoms with Crippen LogP contribution in [0.3, 0.4) is 0 Å². The first-order valence-electron chi connectivity index (χ1n) is 8.50. The Kier molecular flexibility index (Phi) is 4.60. The number of hydrogen-bond donors (Lipinski definition) is 1. The van der Waals surface area contributed by atoms with Crippen LogP contribution in [-0.4, -0.2) is 23.0 Å². The smallest absolute Gasteiger partial charge is 0.434 e. The second-order valence-corrected chi connectivity index (χ2v) is 6.37. The quantitative estimate of drug-likeness (QED) is 0.682. The predicted octanol–water partition coefficient (Wildman–Crippen LogP) is 3.95. The van der Waals surface area contributed by atoms with E-state index in [0.29, 0.717) is 12.4 Å². The van der Waals surface area contributed by atoms with Crippen molar-refractivity contribution in [2.45, 2.75) is 53.4 Å². The van der Waals surface area contributed by atoms with E-state index < -0.39 is 6.16 Å². The van der Waals surface area contributed by atoms with Gasteiger partial charge in [-0.2, -0.15) is 5.10 Å². The first-order chi connectivity index (χ1) is 11.5. The van der Waals surface area contributed by atoms with Gasteiger partial charge in [0.2, 0.25) is 0 Å². The Morgan fingerprint density at radius 2 is 2.00 bits per heavy atom. The minimum atomic E-state index is -0.621. The lowest BCUT2D eigenvalue weighted by atomic mass is 9.93. The molecule has 128 valence electrons. The molecule has 1 heterocycles. The standard InChI is InChI=1S/C19H24N2O3/c1-5-23-19(22)24-18-11(2)9-14(15-7-6-8-16(15)18)10-17-12(3)20-21-13(17)4/h9H,5-8,10H2,1-4H3,(H,20,21). The number of aromatic nitrogens is 2. The monoisotopic (exact) mass is 328 g/mol. The average Bonchev–Trinajstić information content (AvgIpc) is 3.13. The van der Waals surface area contributed by atoms with Crippen molar-refractivity contribution in [3.63, 3.8) is 0 Å². The molecule has 5 nitrogen and oxygen atoms in total. The van der Waals surface area contributed by atoms with Gasteiger partial charge in [0.1, 0.15) is 5.75 Å². The molecule has 24 heavy (non-hydrogen) atoms. The first-order valence-corrected chi connectivity index (χ1v) is 8.50. The summed E-state index contributed by atoms with van der Waals surface area (Å²) in [5.74, 6) is 0.685. The SMILES string of the molecule is CCOC(=O)Oc1c(C)cc(Cc2c(C)n[nH]c2C)c2c1CCC2. The molecule has 1 aromatic heterocycles. The highest BCUT2D eigenvalue weighted by atomic mass is 16.7. The number of carbonyl (C=O) groups is 1. The predicted molar refractivity (Wildman–Crippen MR) is 91.7 cm³/mol. The highest BCUT2D eigenvalue weighted by Crippen LogP contribution is 2.37. The molecule has 0 saturated carbocycles. The van der Waals surface area contributed by atoms with Gasteiger partial charge in [0, 0.05) is 17.7 Å². The molecule has 3 rings (SSSR count). The third-order valence-electron chi connectivity index (χ3n) is 4.72. The van der Waals surface area contributed by atoms with E-state index in [1.54, 1.807) is 6.92 Å². The van der Waals surface area contributed by atoms with Gasteiger partial charge in [-0.3, -0.25) is 5.10 Å². The van der Waals surface area contributed by atoms with Crippen LogP contribution in [0.5, 0.6) is 5.75 Å². The van der Waals surface area contributed by atoms with Crippen LogP contribution in [-0.2, 0) is 24.0 Å². The molecule has 0 atom stereocenters. The van der Waals surface area contributed by atoms with E-state index in [1.807, 2.05) is 13.8 Å². The molecule has 1 aliphatic rings. The molecule has 0 bridgehead atoms. The number of nitrogens with zero attached hydrogens (tertiary/aromatic N) is 1. The third kappa shape index (κ3) is 3.03. The van der Waals surface area contributed by atoms with E-state index in [0.717, 1.165) is 48.2 Å². The number of carbonyl (C=O) groups excluding carboxylic acids is 1. The summed E-state index contributed by atoms with van der Waals surface area (Å²) in [5.41, 5.74) is 8.19. The fraction of sp³-hybridized carbons (Fsp3) is 0.474. The number of H-pyrrole nitrogens is 1. The third-order valence-corrected chi connectivity index (χ3v) is 4.72. The highest BCUT2D eigenvalue weighted by molar-refractivity contribution is 5.67. The van der Waals surface area contributed by atoms with Crippen LogP contribution in [0.2, 0.25) is 0 Å². The Hall–Kier alpha value is -2.30. The minimum Gasteiger partial charge on any atom is -0.434 e. The van der Waals surface area contributed by atoms with Crippen LogP contribution in [0.4, 0.5) is 4.79 Å².